The highest BCUT2D eigenvalue weighted by Gasteiger charge is 2.33. The second-order valence-electron chi connectivity index (χ2n) is 13.7. The molecule has 0 unspecified atom stereocenters. The standard InChI is InChI=1S/C37H55N11O10/c1-22-31(51)46-26(32(52)45-25(30(38)50)13-6-8-16-41-34(54)28-19-40-21-58-28)15-10-18-43-36(39)42-17-9-7-14-27(33(53)48-29(23(2)49)35(55)44-22)47-37(56)57-20-24-11-4-3-5-12-24/h3-5,11-12,19,21-23,25-27,29,49H,6-10,13-18,20H2,1-2H3,(H2,38,50)(H,41,54)(H,44,55)(H,45,52)(H,46,51)(H,47,56)(H,48,53)(H3,39,42,43)/t22-,23-,25-,26+,27-,29-/m0/s1. The normalized spacial score (nSPS) is 21.2. The molecule has 3 rings (SSSR count). The number of carbonyl (C=O) groups excluding carboxylic acids is 7. The number of primary amides is 1. The summed E-state index contributed by atoms with van der Waals surface area (Å²) in [6.45, 7) is 3.34. The number of benzene rings is 1. The van der Waals surface area contributed by atoms with Gasteiger partial charge in [0.25, 0.3) is 5.91 Å². The lowest BCUT2D eigenvalue weighted by molar-refractivity contribution is -0.135. The average molecular weight is 814 g/mol. The Morgan fingerprint density at radius 1 is 1.00 bits per heavy atom. The minimum Gasteiger partial charge on any atom is -0.445 e. The Kier molecular flexibility index (Phi) is 19.4. The van der Waals surface area contributed by atoms with Gasteiger partial charge in [0, 0.05) is 19.6 Å². The predicted molar refractivity (Wildman–Crippen MR) is 208 cm³/mol. The first-order valence-electron chi connectivity index (χ1n) is 19.1. The molecule has 12 N–H and O–H groups in total. The fourth-order valence-corrected chi connectivity index (χ4v) is 5.66. The van der Waals surface area contributed by atoms with Crippen molar-refractivity contribution >= 4 is 47.5 Å². The summed E-state index contributed by atoms with van der Waals surface area (Å²) in [6, 6.07) is 2.63. The van der Waals surface area contributed by atoms with Crippen LogP contribution in [0.15, 0.2) is 52.3 Å². The smallest absolute Gasteiger partial charge is 0.408 e. The van der Waals surface area contributed by atoms with Crippen LogP contribution in [-0.4, -0.2) is 114 Å². The number of hydrogen-bond acceptors (Lipinski definition) is 14. The number of hydrogen-bond donors (Lipinski definition) is 10. The minimum atomic E-state index is -1.54. The number of alkyl carbamates (subject to hydrolysis) is 1. The maximum atomic E-state index is 13.5. The molecule has 2 aromatic rings. The highest BCUT2D eigenvalue weighted by atomic mass is 16.5. The van der Waals surface area contributed by atoms with Gasteiger partial charge in [0.15, 0.2) is 12.4 Å². The summed E-state index contributed by atoms with van der Waals surface area (Å²) < 4.78 is 10.2. The summed E-state index contributed by atoms with van der Waals surface area (Å²) >= 11 is 0. The van der Waals surface area contributed by atoms with E-state index in [1.807, 2.05) is 6.07 Å². The monoisotopic (exact) mass is 813 g/mol. The van der Waals surface area contributed by atoms with Crippen molar-refractivity contribution in [2.75, 3.05) is 19.6 Å². The van der Waals surface area contributed by atoms with E-state index in [-0.39, 0.29) is 57.1 Å². The van der Waals surface area contributed by atoms with Crippen LogP contribution in [0.2, 0.25) is 0 Å². The number of nitrogens with two attached hydrogens (primary N) is 2. The number of nitrogens with one attached hydrogen (secondary N) is 7. The van der Waals surface area contributed by atoms with Crippen LogP contribution in [0.5, 0.6) is 0 Å². The largest absolute Gasteiger partial charge is 0.445 e. The number of oxazole rings is 1. The van der Waals surface area contributed by atoms with E-state index >= 15 is 0 Å². The van der Waals surface area contributed by atoms with Crippen LogP contribution >= 0.6 is 0 Å². The molecule has 1 aromatic carbocycles. The molecule has 1 aromatic heterocycles. The van der Waals surface area contributed by atoms with E-state index in [0.29, 0.717) is 32.2 Å². The molecule has 0 bridgehead atoms. The zero-order valence-electron chi connectivity index (χ0n) is 32.7. The molecule has 0 fully saturated rings. The molecule has 21 nitrogen and oxygen atoms in total. The molecule has 1 aliphatic heterocycles. The number of aromatic nitrogens is 1. The first-order valence-corrected chi connectivity index (χ1v) is 19.1. The SMILES string of the molecule is C[C@@H]1NC(=O)[C@H]([C@H](C)O)NC(=O)[C@@H](NC(=O)OCc2ccccc2)CCCCNC(N)=NCCC[C@H](C(=O)N[C@@H](CCCCNC(=O)c2cnco2)C(N)=O)NC1=O. The molecule has 0 radical (unpaired) electrons. The van der Waals surface area contributed by atoms with Crippen molar-refractivity contribution in [2.45, 2.75) is 108 Å². The van der Waals surface area contributed by atoms with Gasteiger partial charge >= 0.3 is 6.09 Å². The van der Waals surface area contributed by atoms with Crippen molar-refractivity contribution < 1.29 is 47.8 Å². The van der Waals surface area contributed by atoms with Gasteiger partial charge in [-0.2, -0.15) is 0 Å². The topological polar surface area (TPSA) is 324 Å². The van der Waals surface area contributed by atoms with Gasteiger partial charge < -0.3 is 62.9 Å². The van der Waals surface area contributed by atoms with Gasteiger partial charge in [0.2, 0.25) is 35.3 Å². The number of rotatable bonds is 13. The second-order valence-corrected chi connectivity index (χ2v) is 13.7. The van der Waals surface area contributed by atoms with Crippen molar-refractivity contribution in [3.05, 3.63) is 54.2 Å². The molecule has 7 amide bonds. The number of unbranched alkanes of at least 4 members (excludes halogenated alkanes) is 1. The number of guanidine groups is 1. The van der Waals surface area contributed by atoms with Crippen LogP contribution in [0.25, 0.3) is 0 Å². The van der Waals surface area contributed by atoms with Crippen LogP contribution in [0.3, 0.4) is 0 Å². The lowest BCUT2D eigenvalue weighted by atomic mass is 10.1. The Balaban J connectivity index is 1.68. The van der Waals surface area contributed by atoms with Gasteiger partial charge in [-0.25, -0.2) is 9.78 Å². The third kappa shape index (κ3) is 16.5. The molecular formula is C37H55N11O10. The van der Waals surface area contributed by atoms with Crippen LogP contribution < -0.4 is 48.7 Å². The summed E-state index contributed by atoms with van der Waals surface area (Å²) in [6.07, 6.45) is 2.47. The summed E-state index contributed by atoms with van der Waals surface area (Å²) in [5, 5.41) is 28.7. The number of carbonyl (C=O) groups is 7. The van der Waals surface area contributed by atoms with Crippen molar-refractivity contribution in [3.63, 3.8) is 0 Å². The molecule has 0 saturated carbocycles. The first-order chi connectivity index (χ1) is 27.7. The van der Waals surface area contributed by atoms with Gasteiger partial charge in [-0.3, -0.25) is 33.8 Å². The second kappa shape index (κ2) is 24.4. The van der Waals surface area contributed by atoms with Gasteiger partial charge in [0.05, 0.1) is 12.3 Å². The van der Waals surface area contributed by atoms with E-state index in [4.69, 9.17) is 20.6 Å². The van der Waals surface area contributed by atoms with E-state index in [1.54, 1.807) is 24.3 Å². The third-order valence-corrected chi connectivity index (χ3v) is 8.95. The van der Waals surface area contributed by atoms with E-state index in [9.17, 15) is 38.7 Å². The summed E-state index contributed by atoms with van der Waals surface area (Å²) in [7, 11) is 0. The number of ether oxygens (including phenoxy) is 1. The summed E-state index contributed by atoms with van der Waals surface area (Å²) in [5.41, 5.74) is 12.3. The van der Waals surface area contributed by atoms with Crippen LogP contribution in [0, 0.1) is 0 Å². The molecule has 0 aliphatic carbocycles. The Bertz CT molecular complexity index is 1690. The van der Waals surface area contributed by atoms with Gasteiger partial charge in [-0.15, -0.1) is 0 Å². The van der Waals surface area contributed by atoms with E-state index < -0.39 is 77.8 Å². The minimum absolute atomic E-state index is 0.0463. The molecule has 0 spiro atoms. The number of aliphatic hydroxyl groups excluding tert-OH is 1. The lowest BCUT2D eigenvalue weighted by Gasteiger charge is -2.27. The van der Waals surface area contributed by atoms with E-state index in [2.05, 4.69) is 47.2 Å². The zero-order chi connectivity index (χ0) is 42.5. The fraction of sp³-hybridized carbons (Fsp3) is 0.541. The van der Waals surface area contributed by atoms with E-state index in [1.165, 1.54) is 20.0 Å². The van der Waals surface area contributed by atoms with Crippen LogP contribution in [0.1, 0.15) is 81.3 Å². The molecule has 1 aliphatic rings. The fourth-order valence-electron chi connectivity index (χ4n) is 5.66. The maximum absolute atomic E-state index is 13.5. The third-order valence-electron chi connectivity index (χ3n) is 8.95. The maximum Gasteiger partial charge on any atom is 0.408 e. The highest BCUT2D eigenvalue weighted by Crippen LogP contribution is 2.08. The molecule has 6 atom stereocenters. The number of aliphatic imine (C=N–C) groups is 1. The van der Waals surface area contributed by atoms with Crippen molar-refractivity contribution in [3.8, 4) is 0 Å². The molecule has 0 saturated heterocycles. The summed E-state index contributed by atoms with van der Waals surface area (Å²) in [4.78, 5) is 98.7. The number of aliphatic hydroxyl groups is 1. The Morgan fingerprint density at radius 2 is 1.76 bits per heavy atom. The molecule has 2 heterocycles. The van der Waals surface area contributed by atoms with Crippen LogP contribution in [-0.2, 0) is 35.3 Å². The molecule has 21 heteroatoms. The molecule has 318 valence electrons. The van der Waals surface area contributed by atoms with Crippen molar-refractivity contribution in [1.82, 2.24) is 42.2 Å². The van der Waals surface area contributed by atoms with Gasteiger partial charge in [-0.1, -0.05) is 30.3 Å². The predicted octanol–water partition coefficient (Wildman–Crippen LogP) is -1.44. The van der Waals surface area contributed by atoms with E-state index in [0.717, 1.165) is 12.0 Å². The average Bonchev–Trinajstić information content (AvgIpc) is 3.74. The number of amides is 7. The quantitative estimate of drug-likeness (QED) is 0.104. The zero-order valence-corrected chi connectivity index (χ0v) is 32.7. The van der Waals surface area contributed by atoms with Crippen molar-refractivity contribution in [2.24, 2.45) is 16.5 Å². The Labute approximate surface area is 335 Å². The Morgan fingerprint density at radius 3 is 2.45 bits per heavy atom. The Hall–Kier alpha value is -6.25. The van der Waals surface area contributed by atoms with Crippen LogP contribution in [0.4, 0.5) is 4.79 Å². The van der Waals surface area contributed by atoms with Gasteiger partial charge in [0.1, 0.15) is 36.8 Å². The highest BCUT2D eigenvalue weighted by molar-refractivity contribution is 5.96. The lowest BCUT2D eigenvalue weighted by Crippen LogP contribution is -2.60. The molecule has 58 heavy (non-hydrogen) atoms. The number of nitrogens with zero attached hydrogens (tertiary/aromatic N) is 2. The van der Waals surface area contributed by atoms with Crippen molar-refractivity contribution in [1.29, 1.82) is 0 Å². The summed E-state index contributed by atoms with van der Waals surface area (Å²) in [5.74, 6) is -4.30. The molecular weight excluding hydrogens is 758 g/mol. The first kappa shape index (κ1) is 46.1. The van der Waals surface area contributed by atoms with Gasteiger partial charge in [-0.05, 0) is 70.8 Å².